The second kappa shape index (κ2) is 9.76. The number of thioether (sulfide) groups is 1. The summed E-state index contributed by atoms with van der Waals surface area (Å²) in [6.45, 7) is 5.44. The number of piperidine rings is 1. The van der Waals surface area contributed by atoms with Gasteiger partial charge in [-0.2, -0.15) is 0 Å². The average Bonchev–Trinajstić information content (AvgIpc) is 3.08. The van der Waals surface area contributed by atoms with E-state index in [4.69, 9.17) is 16.3 Å². The van der Waals surface area contributed by atoms with Gasteiger partial charge in [0.1, 0.15) is 0 Å². The Balaban J connectivity index is 1.75. The zero-order valence-electron chi connectivity index (χ0n) is 16.6. The van der Waals surface area contributed by atoms with Crippen molar-refractivity contribution in [3.63, 3.8) is 0 Å². The van der Waals surface area contributed by atoms with Gasteiger partial charge in [-0.3, -0.25) is 9.36 Å². The van der Waals surface area contributed by atoms with E-state index in [1.54, 1.807) is 7.11 Å². The second-order valence-corrected chi connectivity index (χ2v) is 8.56. The van der Waals surface area contributed by atoms with Crippen LogP contribution in [0.4, 0.5) is 0 Å². The van der Waals surface area contributed by atoms with Crippen molar-refractivity contribution in [1.82, 2.24) is 19.7 Å². The number of hydrogen-bond donors (Lipinski definition) is 0. The van der Waals surface area contributed by atoms with Crippen molar-refractivity contribution in [2.45, 2.75) is 56.9 Å². The number of hydrogen-bond acceptors (Lipinski definition) is 5. The number of amides is 1. The number of halogens is 1. The van der Waals surface area contributed by atoms with Gasteiger partial charge in [0.15, 0.2) is 11.0 Å². The predicted molar refractivity (Wildman–Crippen MR) is 113 cm³/mol. The minimum Gasteiger partial charge on any atom is -0.383 e. The van der Waals surface area contributed by atoms with Crippen LogP contribution in [-0.4, -0.2) is 57.1 Å². The molecule has 1 aromatic heterocycles. The minimum absolute atomic E-state index is 0.166. The van der Waals surface area contributed by atoms with Crippen LogP contribution in [0.1, 0.15) is 33.1 Å². The minimum atomic E-state index is 0.166. The first kappa shape index (κ1) is 21.1. The van der Waals surface area contributed by atoms with E-state index in [0.717, 1.165) is 29.4 Å². The Hall–Kier alpha value is -1.57. The largest absolute Gasteiger partial charge is 0.383 e. The number of aromatic nitrogens is 3. The Morgan fingerprint density at radius 3 is 2.54 bits per heavy atom. The van der Waals surface area contributed by atoms with Crippen molar-refractivity contribution in [3.8, 4) is 11.4 Å². The number of methoxy groups -OCH3 is 1. The van der Waals surface area contributed by atoms with Gasteiger partial charge in [-0.15, -0.1) is 10.2 Å². The zero-order chi connectivity index (χ0) is 20.1. The van der Waals surface area contributed by atoms with Gasteiger partial charge >= 0.3 is 0 Å². The summed E-state index contributed by atoms with van der Waals surface area (Å²) in [5, 5.41) is 10.1. The van der Waals surface area contributed by atoms with Crippen LogP contribution in [0.5, 0.6) is 0 Å². The smallest absolute Gasteiger partial charge is 0.233 e. The maximum atomic E-state index is 12.8. The lowest BCUT2D eigenvalue weighted by Crippen LogP contribution is -2.48. The van der Waals surface area contributed by atoms with Crippen molar-refractivity contribution >= 4 is 29.3 Å². The highest BCUT2D eigenvalue weighted by Gasteiger charge is 2.29. The van der Waals surface area contributed by atoms with E-state index in [9.17, 15) is 4.79 Å². The highest BCUT2D eigenvalue weighted by molar-refractivity contribution is 7.99. The molecular weight excluding hydrogens is 396 g/mol. The molecule has 0 unspecified atom stereocenters. The Labute approximate surface area is 175 Å². The molecule has 0 spiro atoms. The number of carbonyl (C=O) groups is 1. The molecule has 2 atom stereocenters. The van der Waals surface area contributed by atoms with Gasteiger partial charge < -0.3 is 9.64 Å². The third kappa shape index (κ3) is 4.88. The molecule has 8 heteroatoms. The van der Waals surface area contributed by atoms with Crippen molar-refractivity contribution in [3.05, 3.63) is 29.3 Å². The quantitative estimate of drug-likeness (QED) is 0.628. The summed E-state index contributed by atoms with van der Waals surface area (Å²) in [4.78, 5) is 14.9. The molecular formula is C20H27ClN4O2S. The molecule has 1 aliphatic heterocycles. The third-order valence-electron chi connectivity index (χ3n) is 5.14. The Bertz CT molecular complexity index is 786. The molecule has 28 heavy (non-hydrogen) atoms. The summed E-state index contributed by atoms with van der Waals surface area (Å²) < 4.78 is 7.25. The van der Waals surface area contributed by atoms with Gasteiger partial charge in [-0.05, 0) is 57.4 Å². The van der Waals surface area contributed by atoms with Crippen molar-refractivity contribution in [2.24, 2.45) is 0 Å². The monoisotopic (exact) mass is 422 g/mol. The van der Waals surface area contributed by atoms with Crippen LogP contribution in [0.25, 0.3) is 11.4 Å². The third-order valence-corrected chi connectivity index (χ3v) is 6.35. The second-order valence-electron chi connectivity index (χ2n) is 7.18. The van der Waals surface area contributed by atoms with Crippen LogP contribution >= 0.6 is 23.4 Å². The molecule has 1 amide bonds. The molecule has 3 rings (SSSR count). The van der Waals surface area contributed by atoms with Crippen LogP contribution in [0.15, 0.2) is 29.4 Å². The summed E-state index contributed by atoms with van der Waals surface area (Å²) in [5.74, 6) is 1.28. The fraction of sp³-hybridized carbons (Fsp3) is 0.550. The number of carbonyl (C=O) groups excluding carboxylic acids is 1. The summed E-state index contributed by atoms with van der Waals surface area (Å²) in [6.07, 6.45) is 3.34. The molecule has 152 valence electrons. The summed E-state index contributed by atoms with van der Waals surface area (Å²) in [6, 6.07) is 8.11. The van der Waals surface area contributed by atoms with Gasteiger partial charge in [0.2, 0.25) is 5.91 Å². The van der Waals surface area contributed by atoms with Crippen LogP contribution < -0.4 is 0 Å². The molecule has 0 radical (unpaired) electrons. The standard InChI is InChI=1S/C20H27ClN4O2S/c1-14-5-4-6-15(2)25(14)18(26)13-28-20-23-22-19(24(20)11-12-27-3)16-7-9-17(21)10-8-16/h7-10,14-15H,4-6,11-13H2,1-3H3/t14-,15+. The van der Waals surface area contributed by atoms with Crippen LogP contribution in [0, 0.1) is 0 Å². The Morgan fingerprint density at radius 1 is 1.21 bits per heavy atom. The molecule has 0 bridgehead atoms. The van der Waals surface area contributed by atoms with Gasteiger partial charge in [0, 0.05) is 29.8 Å². The highest BCUT2D eigenvalue weighted by Crippen LogP contribution is 2.27. The van der Waals surface area contributed by atoms with E-state index in [1.807, 2.05) is 33.7 Å². The molecule has 1 aliphatic rings. The zero-order valence-corrected chi connectivity index (χ0v) is 18.2. The highest BCUT2D eigenvalue weighted by atomic mass is 35.5. The molecule has 6 nitrogen and oxygen atoms in total. The molecule has 0 saturated carbocycles. The van der Waals surface area contributed by atoms with E-state index >= 15 is 0 Å². The van der Waals surface area contributed by atoms with Crippen molar-refractivity contribution in [1.29, 1.82) is 0 Å². The van der Waals surface area contributed by atoms with E-state index < -0.39 is 0 Å². The Kier molecular flexibility index (Phi) is 7.37. The average molecular weight is 423 g/mol. The maximum absolute atomic E-state index is 12.8. The maximum Gasteiger partial charge on any atom is 0.233 e. The summed E-state index contributed by atoms with van der Waals surface area (Å²) in [7, 11) is 1.67. The van der Waals surface area contributed by atoms with Gasteiger partial charge in [-0.25, -0.2) is 0 Å². The lowest BCUT2D eigenvalue weighted by Gasteiger charge is -2.39. The Morgan fingerprint density at radius 2 is 1.89 bits per heavy atom. The number of benzene rings is 1. The molecule has 2 heterocycles. The number of nitrogens with zero attached hydrogens (tertiary/aromatic N) is 4. The van der Waals surface area contributed by atoms with Crippen LogP contribution in [0.3, 0.4) is 0 Å². The number of rotatable bonds is 7. The molecule has 1 fully saturated rings. The lowest BCUT2D eigenvalue weighted by molar-refractivity contribution is -0.134. The molecule has 1 aromatic carbocycles. The SMILES string of the molecule is COCCn1c(SCC(=O)N2[C@H](C)CCC[C@@H]2C)nnc1-c1ccc(Cl)cc1. The van der Waals surface area contributed by atoms with Gasteiger partial charge in [0.05, 0.1) is 18.9 Å². The molecule has 0 N–H and O–H groups in total. The first-order chi connectivity index (χ1) is 13.5. The first-order valence-electron chi connectivity index (χ1n) is 9.63. The molecule has 1 saturated heterocycles. The first-order valence-corrected chi connectivity index (χ1v) is 11.0. The number of ether oxygens (including phenoxy) is 1. The predicted octanol–water partition coefficient (Wildman–Crippen LogP) is 4.13. The van der Waals surface area contributed by atoms with E-state index in [0.29, 0.717) is 36.0 Å². The van der Waals surface area contributed by atoms with E-state index in [2.05, 4.69) is 24.0 Å². The number of likely N-dealkylation sites (tertiary alicyclic amines) is 1. The van der Waals surface area contributed by atoms with Crippen molar-refractivity contribution in [2.75, 3.05) is 19.5 Å². The van der Waals surface area contributed by atoms with Crippen molar-refractivity contribution < 1.29 is 9.53 Å². The van der Waals surface area contributed by atoms with Gasteiger partial charge in [0.25, 0.3) is 0 Å². The molecule has 0 aliphatic carbocycles. The van der Waals surface area contributed by atoms with Gasteiger partial charge in [-0.1, -0.05) is 23.4 Å². The normalized spacial score (nSPS) is 19.8. The molecule has 2 aromatic rings. The summed E-state index contributed by atoms with van der Waals surface area (Å²) in [5.41, 5.74) is 0.935. The topological polar surface area (TPSA) is 60.2 Å². The lowest BCUT2D eigenvalue weighted by atomic mass is 9.98. The van der Waals surface area contributed by atoms with Crippen LogP contribution in [-0.2, 0) is 16.1 Å². The summed E-state index contributed by atoms with van der Waals surface area (Å²) >= 11 is 7.44. The van der Waals surface area contributed by atoms with E-state index in [1.165, 1.54) is 18.2 Å². The van der Waals surface area contributed by atoms with E-state index in [-0.39, 0.29) is 5.91 Å². The fourth-order valence-electron chi connectivity index (χ4n) is 3.71. The van der Waals surface area contributed by atoms with Crippen LogP contribution in [0.2, 0.25) is 5.02 Å². The fourth-order valence-corrected chi connectivity index (χ4v) is 4.67.